The van der Waals surface area contributed by atoms with Crippen LogP contribution < -0.4 is 5.32 Å². The van der Waals surface area contributed by atoms with Gasteiger partial charge in [0.2, 0.25) is 0 Å². The Morgan fingerprint density at radius 2 is 2.07 bits per heavy atom. The Morgan fingerprint density at radius 3 is 2.60 bits per heavy atom. The molecule has 0 heterocycles. The fourth-order valence-electron chi connectivity index (χ4n) is 1.07. The number of rotatable bonds is 3. The highest BCUT2D eigenvalue weighted by molar-refractivity contribution is 5.78. The minimum absolute atomic E-state index is 0.326. The van der Waals surface area contributed by atoms with E-state index in [4.69, 9.17) is 0 Å². The highest BCUT2D eigenvalue weighted by atomic mass is 19.2. The molecule has 1 aromatic rings. The second kappa shape index (κ2) is 4.72. The molecule has 0 amide bonds. The van der Waals surface area contributed by atoms with E-state index in [-0.39, 0.29) is 0 Å². The maximum Gasteiger partial charge on any atom is 0.327 e. The van der Waals surface area contributed by atoms with Crippen LogP contribution in [-0.4, -0.2) is 19.1 Å². The van der Waals surface area contributed by atoms with Crippen LogP contribution in [0, 0.1) is 11.6 Å². The number of anilines is 1. The third-order valence-electron chi connectivity index (χ3n) is 1.86. The molecule has 3 nitrogen and oxygen atoms in total. The zero-order chi connectivity index (χ0) is 11.4. The van der Waals surface area contributed by atoms with Gasteiger partial charge in [-0.05, 0) is 19.1 Å². The van der Waals surface area contributed by atoms with Gasteiger partial charge in [-0.1, -0.05) is 0 Å². The van der Waals surface area contributed by atoms with E-state index in [1.54, 1.807) is 6.92 Å². The molecule has 0 unspecified atom stereocenters. The van der Waals surface area contributed by atoms with Crippen molar-refractivity contribution in [2.24, 2.45) is 0 Å². The van der Waals surface area contributed by atoms with Crippen LogP contribution in [0.4, 0.5) is 14.5 Å². The molecule has 0 saturated heterocycles. The number of methoxy groups -OCH3 is 1. The SMILES string of the molecule is COC(=O)[C@@H](C)Nc1ccc(F)c(F)c1. The van der Waals surface area contributed by atoms with Gasteiger partial charge in [-0.15, -0.1) is 0 Å². The standard InChI is InChI=1S/C10H11F2NO2/c1-6(10(14)15-2)13-7-3-4-8(11)9(12)5-7/h3-6,13H,1-2H3/t6-/m1/s1. The zero-order valence-electron chi connectivity index (χ0n) is 8.38. The Hall–Kier alpha value is -1.65. The molecule has 0 aliphatic heterocycles. The smallest absolute Gasteiger partial charge is 0.327 e. The molecule has 0 radical (unpaired) electrons. The van der Waals surface area contributed by atoms with E-state index in [0.717, 1.165) is 12.1 Å². The molecule has 0 aromatic heterocycles. The highest BCUT2D eigenvalue weighted by Crippen LogP contribution is 2.14. The Balaban J connectivity index is 2.73. The summed E-state index contributed by atoms with van der Waals surface area (Å²) in [5, 5.41) is 2.68. The number of carbonyl (C=O) groups excluding carboxylic acids is 1. The number of hydrogen-bond acceptors (Lipinski definition) is 3. The fourth-order valence-corrected chi connectivity index (χ4v) is 1.07. The predicted molar refractivity (Wildman–Crippen MR) is 51.5 cm³/mol. The van der Waals surface area contributed by atoms with Crippen molar-refractivity contribution in [1.82, 2.24) is 0 Å². The molecule has 1 N–H and O–H groups in total. The van der Waals surface area contributed by atoms with Gasteiger partial charge in [0.15, 0.2) is 11.6 Å². The van der Waals surface area contributed by atoms with E-state index in [9.17, 15) is 13.6 Å². The van der Waals surface area contributed by atoms with E-state index in [2.05, 4.69) is 10.1 Å². The van der Waals surface area contributed by atoms with Gasteiger partial charge in [0.25, 0.3) is 0 Å². The van der Waals surface area contributed by atoms with Gasteiger partial charge in [0.1, 0.15) is 6.04 Å². The second-order valence-corrected chi connectivity index (χ2v) is 3.02. The molecule has 1 aromatic carbocycles. The molecule has 5 heteroatoms. The third kappa shape index (κ3) is 2.90. The number of esters is 1. The van der Waals surface area contributed by atoms with Crippen LogP contribution in [-0.2, 0) is 9.53 Å². The number of ether oxygens (including phenoxy) is 1. The van der Waals surface area contributed by atoms with Gasteiger partial charge in [-0.25, -0.2) is 13.6 Å². The van der Waals surface area contributed by atoms with Crippen molar-refractivity contribution in [2.45, 2.75) is 13.0 Å². The molecule has 0 fully saturated rings. The molecule has 0 spiro atoms. The van der Waals surface area contributed by atoms with Crippen LogP contribution in [0.5, 0.6) is 0 Å². The lowest BCUT2D eigenvalue weighted by atomic mass is 10.2. The first kappa shape index (κ1) is 11.4. The molecule has 0 aliphatic carbocycles. The van der Waals surface area contributed by atoms with Crippen molar-refractivity contribution in [3.8, 4) is 0 Å². The molecule has 1 atom stereocenters. The average Bonchev–Trinajstić information content (AvgIpc) is 2.22. The molecule has 0 bridgehead atoms. The first-order valence-electron chi connectivity index (χ1n) is 4.34. The summed E-state index contributed by atoms with van der Waals surface area (Å²) < 4.78 is 29.8. The predicted octanol–water partition coefficient (Wildman–Crippen LogP) is 1.94. The van der Waals surface area contributed by atoms with Crippen molar-refractivity contribution in [3.63, 3.8) is 0 Å². The third-order valence-corrected chi connectivity index (χ3v) is 1.86. The summed E-state index contributed by atoms with van der Waals surface area (Å²) >= 11 is 0. The van der Waals surface area contributed by atoms with Crippen molar-refractivity contribution >= 4 is 11.7 Å². The molecule has 15 heavy (non-hydrogen) atoms. The van der Waals surface area contributed by atoms with Crippen LogP contribution in [0.25, 0.3) is 0 Å². The normalized spacial score (nSPS) is 12.0. The topological polar surface area (TPSA) is 38.3 Å². The molecule has 0 aliphatic rings. The van der Waals surface area contributed by atoms with Gasteiger partial charge in [-0.3, -0.25) is 0 Å². The maximum atomic E-state index is 12.8. The molecular formula is C10H11F2NO2. The zero-order valence-corrected chi connectivity index (χ0v) is 8.38. The minimum Gasteiger partial charge on any atom is -0.467 e. The highest BCUT2D eigenvalue weighted by Gasteiger charge is 2.13. The van der Waals surface area contributed by atoms with Crippen LogP contribution in [0.2, 0.25) is 0 Å². The lowest BCUT2D eigenvalue weighted by Gasteiger charge is -2.12. The van der Waals surface area contributed by atoms with Crippen LogP contribution in [0.3, 0.4) is 0 Å². The number of carbonyl (C=O) groups is 1. The minimum atomic E-state index is -0.961. The Morgan fingerprint density at radius 1 is 1.40 bits per heavy atom. The molecule has 1 rings (SSSR count). The molecular weight excluding hydrogens is 204 g/mol. The fraction of sp³-hybridized carbons (Fsp3) is 0.300. The van der Waals surface area contributed by atoms with Crippen LogP contribution >= 0.6 is 0 Å². The van der Waals surface area contributed by atoms with Gasteiger partial charge in [-0.2, -0.15) is 0 Å². The first-order valence-corrected chi connectivity index (χ1v) is 4.34. The Bertz CT molecular complexity index is 368. The summed E-state index contributed by atoms with van der Waals surface area (Å²) in [6, 6.07) is 2.70. The van der Waals surface area contributed by atoms with Crippen molar-refractivity contribution in [1.29, 1.82) is 0 Å². The van der Waals surface area contributed by atoms with Gasteiger partial charge in [0, 0.05) is 11.8 Å². The van der Waals surface area contributed by atoms with Crippen molar-refractivity contribution in [3.05, 3.63) is 29.8 Å². The lowest BCUT2D eigenvalue weighted by Crippen LogP contribution is -2.27. The van der Waals surface area contributed by atoms with E-state index < -0.39 is 23.6 Å². The van der Waals surface area contributed by atoms with E-state index in [1.165, 1.54) is 13.2 Å². The van der Waals surface area contributed by atoms with Crippen molar-refractivity contribution in [2.75, 3.05) is 12.4 Å². The Kier molecular flexibility index (Phi) is 3.60. The molecule has 0 saturated carbocycles. The van der Waals surface area contributed by atoms with Gasteiger partial charge in [0.05, 0.1) is 7.11 Å². The summed E-state index contributed by atoms with van der Waals surface area (Å²) in [6.45, 7) is 1.56. The number of hydrogen-bond donors (Lipinski definition) is 1. The van der Waals surface area contributed by atoms with E-state index in [1.807, 2.05) is 0 Å². The second-order valence-electron chi connectivity index (χ2n) is 3.02. The van der Waals surface area contributed by atoms with E-state index in [0.29, 0.717) is 5.69 Å². The quantitative estimate of drug-likeness (QED) is 0.783. The lowest BCUT2D eigenvalue weighted by molar-refractivity contribution is -0.141. The Labute approximate surface area is 86.0 Å². The van der Waals surface area contributed by atoms with E-state index >= 15 is 0 Å². The first-order chi connectivity index (χ1) is 7.04. The largest absolute Gasteiger partial charge is 0.467 e. The van der Waals surface area contributed by atoms with Gasteiger partial charge >= 0.3 is 5.97 Å². The van der Waals surface area contributed by atoms with Crippen molar-refractivity contribution < 1.29 is 18.3 Å². The van der Waals surface area contributed by atoms with Crippen LogP contribution in [0.1, 0.15) is 6.92 Å². The van der Waals surface area contributed by atoms with Gasteiger partial charge < -0.3 is 10.1 Å². The summed E-state index contributed by atoms with van der Waals surface area (Å²) in [6.07, 6.45) is 0. The monoisotopic (exact) mass is 215 g/mol. The summed E-state index contributed by atoms with van der Waals surface area (Å²) in [4.78, 5) is 11.0. The maximum absolute atomic E-state index is 12.8. The molecule has 82 valence electrons. The summed E-state index contributed by atoms with van der Waals surface area (Å²) in [5.74, 6) is -2.36. The summed E-state index contributed by atoms with van der Waals surface area (Å²) in [7, 11) is 1.26. The number of benzene rings is 1. The summed E-state index contributed by atoms with van der Waals surface area (Å²) in [5.41, 5.74) is 0.326. The average molecular weight is 215 g/mol. The number of nitrogens with one attached hydrogen (secondary N) is 1. The van der Waals surface area contributed by atoms with Crippen LogP contribution in [0.15, 0.2) is 18.2 Å². The number of halogens is 2.